The minimum Gasteiger partial charge on any atom is -0.290 e. The maximum absolute atomic E-state index is 11.1. The van der Waals surface area contributed by atoms with Crippen LogP contribution in [0.2, 0.25) is 0 Å². The highest BCUT2D eigenvalue weighted by Crippen LogP contribution is 2.19. The van der Waals surface area contributed by atoms with Crippen LogP contribution in [0.15, 0.2) is 29.0 Å². The van der Waals surface area contributed by atoms with E-state index in [4.69, 9.17) is 0 Å². The second-order valence-electron chi connectivity index (χ2n) is 3.14. The first-order chi connectivity index (χ1) is 5.65. The van der Waals surface area contributed by atoms with Crippen LogP contribution >= 0.6 is 0 Å². The highest BCUT2D eigenvalue weighted by Gasteiger charge is 2.23. The molecule has 0 saturated heterocycles. The Morgan fingerprint density at radius 3 is 2.75 bits per heavy atom. The van der Waals surface area contributed by atoms with Crippen LogP contribution in [0.25, 0.3) is 0 Å². The Kier molecular flexibility index (Phi) is 2.53. The van der Waals surface area contributed by atoms with Gasteiger partial charge in [0, 0.05) is 5.57 Å². The van der Waals surface area contributed by atoms with Crippen molar-refractivity contribution in [2.24, 2.45) is 11.1 Å². The summed E-state index contributed by atoms with van der Waals surface area (Å²) in [6.45, 7) is 3.92. The van der Waals surface area contributed by atoms with Gasteiger partial charge in [-0.05, 0) is 18.1 Å². The van der Waals surface area contributed by atoms with E-state index < -0.39 is 6.04 Å². The summed E-state index contributed by atoms with van der Waals surface area (Å²) in [6.07, 6.45) is 4.72. The molecule has 0 aromatic carbocycles. The summed E-state index contributed by atoms with van der Waals surface area (Å²) in [5, 5.41) is 2.85. The number of nitrogens with zero attached hydrogens (tertiary/aromatic N) is 1. The molecular weight excluding hydrogens is 154 g/mol. The highest BCUT2D eigenvalue weighted by molar-refractivity contribution is 6.08. The van der Waals surface area contributed by atoms with Gasteiger partial charge in [0.1, 0.15) is 6.04 Å². The molecule has 0 saturated carbocycles. The first-order valence-electron chi connectivity index (χ1n) is 3.92. The molecule has 1 atom stereocenters. The summed E-state index contributed by atoms with van der Waals surface area (Å²) >= 11 is 0. The van der Waals surface area contributed by atoms with Gasteiger partial charge in [0.2, 0.25) is 0 Å². The van der Waals surface area contributed by atoms with Gasteiger partial charge in [-0.1, -0.05) is 25.1 Å². The molecule has 1 rings (SSSR count). The zero-order chi connectivity index (χ0) is 9.14. The van der Waals surface area contributed by atoms with Crippen molar-refractivity contribution in [2.75, 3.05) is 0 Å². The molecule has 0 aromatic rings. The van der Waals surface area contributed by atoms with E-state index in [0.29, 0.717) is 5.57 Å². The van der Waals surface area contributed by atoms with E-state index >= 15 is 0 Å². The van der Waals surface area contributed by atoms with Crippen molar-refractivity contribution in [2.45, 2.75) is 19.9 Å². The van der Waals surface area contributed by atoms with Gasteiger partial charge in [-0.25, -0.2) is 0 Å². The lowest BCUT2D eigenvalue weighted by molar-refractivity contribution is -0.111. The molecule has 1 unspecified atom stereocenters. The molecule has 0 heterocycles. The molecule has 0 N–H and O–H groups in total. The second kappa shape index (κ2) is 3.43. The summed E-state index contributed by atoms with van der Waals surface area (Å²) < 4.78 is 0. The number of hydrogen-bond donors (Lipinski definition) is 0. The van der Waals surface area contributed by atoms with Crippen molar-refractivity contribution < 1.29 is 4.79 Å². The fourth-order valence-electron chi connectivity index (χ4n) is 1.16. The summed E-state index contributed by atoms with van der Waals surface area (Å²) in [5.74, 6) is 0.182. The Hall–Kier alpha value is -1.25. The number of rotatable bonds is 2. The standard InChI is InChI=1S/C9H11NO2/c1-6(2)5-7-8(10-12)3-4-9(7)11/h3-6,8H,1-2H3/b7-5-. The van der Waals surface area contributed by atoms with Crippen LogP contribution in [-0.4, -0.2) is 11.8 Å². The minimum absolute atomic E-state index is 0.0895. The number of nitroso groups, excluding NO2 is 1. The lowest BCUT2D eigenvalue weighted by Crippen LogP contribution is -2.06. The average molecular weight is 165 g/mol. The van der Waals surface area contributed by atoms with Gasteiger partial charge >= 0.3 is 0 Å². The van der Waals surface area contributed by atoms with E-state index in [-0.39, 0.29) is 11.7 Å². The van der Waals surface area contributed by atoms with Crippen LogP contribution in [0, 0.1) is 10.8 Å². The van der Waals surface area contributed by atoms with Gasteiger partial charge in [0.05, 0.1) is 0 Å². The fourth-order valence-corrected chi connectivity index (χ4v) is 1.16. The third kappa shape index (κ3) is 1.67. The summed E-state index contributed by atoms with van der Waals surface area (Å²) in [7, 11) is 0. The molecule has 0 aromatic heterocycles. The van der Waals surface area contributed by atoms with Crippen LogP contribution in [0.4, 0.5) is 0 Å². The van der Waals surface area contributed by atoms with Crippen molar-refractivity contribution in [1.82, 2.24) is 0 Å². The van der Waals surface area contributed by atoms with E-state index in [1.54, 1.807) is 6.08 Å². The molecule has 0 bridgehead atoms. The van der Waals surface area contributed by atoms with Crippen molar-refractivity contribution in [3.05, 3.63) is 28.7 Å². The smallest absolute Gasteiger partial charge is 0.183 e. The number of carbonyl (C=O) groups is 1. The predicted octanol–water partition coefficient (Wildman–Crippen LogP) is 1.84. The molecule has 64 valence electrons. The maximum Gasteiger partial charge on any atom is 0.183 e. The van der Waals surface area contributed by atoms with Gasteiger partial charge in [-0.2, -0.15) is 0 Å². The first-order valence-corrected chi connectivity index (χ1v) is 3.92. The molecule has 0 fully saturated rings. The number of carbonyl (C=O) groups excluding carboxylic acids is 1. The SMILES string of the molecule is CC(C)/C=C1\C(=O)C=CC1N=O. The van der Waals surface area contributed by atoms with E-state index in [1.807, 2.05) is 13.8 Å². The Morgan fingerprint density at radius 2 is 2.25 bits per heavy atom. The lowest BCUT2D eigenvalue weighted by atomic mass is 10.0. The van der Waals surface area contributed by atoms with Crippen LogP contribution < -0.4 is 0 Å². The van der Waals surface area contributed by atoms with Crippen LogP contribution in [0.5, 0.6) is 0 Å². The molecule has 0 spiro atoms. The topological polar surface area (TPSA) is 46.5 Å². The molecule has 3 nitrogen and oxygen atoms in total. The van der Waals surface area contributed by atoms with Gasteiger partial charge in [-0.3, -0.25) is 4.79 Å². The molecule has 12 heavy (non-hydrogen) atoms. The third-order valence-corrected chi connectivity index (χ3v) is 1.66. The van der Waals surface area contributed by atoms with Gasteiger partial charge in [-0.15, -0.1) is 4.91 Å². The van der Waals surface area contributed by atoms with Crippen molar-refractivity contribution in [3.63, 3.8) is 0 Å². The lowest BCUT2D eigenvalue weighted by Gasteiger charge is -2.02. The van der Waals surface area contributed by atoms with E-state index in [9.17, 15) is 9.70 Å². The van der Waals surface area contributed by atoms with Crippen LogP contribution in [0.1, 0.15) is 13.8 Å². The van der Waals surface area contributed by atoms with Gasteiger partial charge in [0.25, 0.3) is 0 Å². The Morgan fingerprint density at radius 1 is 1.58 bits per heavy atom. The quantitative estimate of drug-likeness (QED) is 0.463. The number of allylic oxidation sites excluding steroid dienone is 2. The Labute approximate surface area is 71.1 Å². The first kappa shape index (κ1) is 8.84. The van der Waals surface area contributed by atoms with Crippen molar-refractivity contribution in [1.29, 1.82) is 0 Å². The van der Waals surface area contributed by atoms with Crippen LogP contribution in [0.3, 0.4) is 0 Å². The van der Waals surface area contributed by atoms with E-state index in [2.05, 4.69) is 5.18 Å². The summed E-state index contributed by atoms with van der Waals surface area (Å²) in [4.78, 5) is 21.4. The zero-order valence-electron chi connectivity index (χ0n) is 7.15. The number of hydrogen-bond acceptors (Lipinski definition) is 3. The largest absolute Gasteiger partial charge is 0.290 e. The molecule has 1 aliphatic rings. The summed E-state index contributed by atoms with van der Waals surface area (Å²) in [5.41, 5.74) is 0.514. The second-order valence-corrected chi connectivity index (χ2v) is 3.14. The molecule has 0 radical (unpaired) electrons. The summed E-state index contributed by atoms with van der Waals surface area (Å²) in [6, 6.07) is -0.556. The zero-order valence-corrected chi connectivity index (χ0v) is 7.15. The molecular formula is C9H11NO2. The van der Waals surface area contributed by atoms with Crippen molar-refractivity contribution >= 4 is 5.78 Å². The monoisotopic (exact) mass is 165 g/mol. The van der Waals surface area contributed by atoms with E-state index in [0.717, 1.165) is 0 Å². The average Bonchev–Trinajstić information content (AvgIpc) is 2.32. The van der Waals surface area contributed by atoms with Gasteiger partial charge < -0.3 is 0 Å². The highest BCUT2D eigenvalue weighted by atomic mass is 16.3. The minimum atomic E-state index is -0.556. The molecule has 0 amide bonds. The van der Waals surface area contributed by atoms with Gasteiger partial charge in [0.15, 0.2) is 5.78 Å². The normalized spacial score (nSPS) is 25.8. The maximum atomic E-state index is 11.1. The molecule has 0 aliphatic heterocycles. The van der Waals surface area contributed by atoms with Crippen LogP contribution in [-0.2, 0) is 4.79 Å². The molecule has 3 heteroatoms. The van der Waals surface area contributed by atoms with E-state index in [1.165, 1.54) is 12.2 Å². The third-order valence-electron chi connectivity index (χ3n) is 1.66. The Bertz CT molecular complexity index is 264. The molecule has 1 aliphatic carbocycles. The Balaban J connectivity index is 2.88. The fraction of sp³-hybridized carbons (Fsp3) is 0.444. The predicted molar refractivity (Wildman–Crippen MR) is 46.7 cm³/mol. The van der Waals surface area contributed by atoms with Crippen molar-refractivity contribution in [3.8, 4) is 0 Å². The number of ketones is 1.